The van der Waals surface area contributed by atoms with Gasteiger partial charge in [-0.3, -0.25) is 14.5 Å². The van der Waals surface area contributed by atoms with Crippen LogP contribution >= 0.6 is 0 Å². The molecule has 1 aromatic carbocycles. The minimum Gasteiger partial charge on any atom is -0.450 e. The molecule has 0 aliphatic carbocycles. The van der Waals surface area contributed by atoms with Crippen molar-refractivity contribution in [2.75, 3.05) is 32.0 Å². The summed E-state index contributed by atoms with van der Waals surface area (Å²) >= 11 is 0. The zero-order valence-electron chi connectivity index (χ0n) is 17.0. The highest BCUT2D eigenvalue weighted by molar-refractivity contribution is 7.89. The number of amides is 3. The van der Waals surface area contributed by atoms with Crippen LogP contribution in [0.4, 0.5) is 4.79 Å². The van der Waals surface area contributed by atoms with Gasteiger partial charge in [-0.15, -0.1) is 0 Å². The quantitative estimate of drug-likeness (QED) is 0.488. The highest BCUT2D eigenvalue weighted by atomic mass is 32.2. The summed E-state index contributed by atoms with van der Waals surface area (Å²) in [6, 6.07) is 6.33. The second-order valence-electron chi connectivity index (χ2n) is 7.43. The highest BCUT2D eigenvalue weighted by Gasteiger charge is 2.37. The molecule has 0 saturated carbocycles. The van der Waals surface area contributed by atoms with E-state index in [0.717, 1.165) is 17.7 Å². The lowest BCUT2D eigenvalue weighted by Crippen LogP contribution is -2.48. The van der Waals surface area contributed by atoms with Crippen LogP contribution < -0.4 is 5.32 Å². The van der Waals surface area contributed by atoms with E-state index in [1.54, 1.807) is 24.3 Å². The van der Waals surface area contributed by atoms with E-state index in [0.29, 0.717) is 30.6 Å². The smallest absolute Gasteiger partial charge is 0.407 e. The van der Waals surface area contributed by atoms with E-state index >= 15 is 0 Å². The molecule has 3 rings (SSSR count). The van der Waals surface area contributed by atoms with Crippen LogP contribution in [0.25, 0.3) is 0 Å². The molecule has 9 nitrogen and oxygen atoms in total. The molecule has 1 fully saturated rings. The number of hydrogen-bond donors (Lipinski definition) is 1. The minimum atomic E-state index is -3.63. The van der Waals surface area contributed by atoms with Gasteiger partial charge in [-0.2, -0.15) is 0 Å². The molecule has 0 unspecified atom stereocenters. The van der Waals surface area contributed by atoms with Gasteiger partial charge in [0.05, 0.1) is 23.5 Å². The lowest BCUT2D eigenvalue weighted by Gasteiger charge is -2.31. The number of unbranched alkanes of at least 4 members (excludes halogenated alkanes) is 1. The average Bonchev–Trinajstić information content (AvgIpc) is 2.97. The number of ether oxygens (including phenoxy) is 1. The third-order valence-electron chi connectivity index (χ3n) is 5.35. The van der Waals surface area contributed by atoms with E-state index in [1.165, 1.54) is 4.31 Å². The largest absolute Gasteiger partial charge is 0.450 e. The molecule has 10 heteroatoms. The van der Waals surface area contributed by atoms with Crippen molar-refractivity contribution in [1.29, 1.82) is 0 Å². The predicted molar refractivity (Wildman–Crippen MR) is 110 cm³/mol. The molecule has 2 aliphatic rings. The highest BCUT2D eigenvalue weighted by Crippen LogP contribution is 2.23. The minimum absolute atomic E-state index is 0.137. The summed E-state index contributed by atoms with van der Waals surface area (Å²) in [5.41, 5.74) is 0.607. The molecule has 2 heterocycles. The number of imide groups is 1. The number of carbonyl (C=O) groups excluding carboxylic acids is 3. The van der Waals surface area contributed by atoms with Crippen LogP contribution in [0.3, 0.4) is 0 Å². The number of alkyl carbamates (subject to hydrolysis) is 1. The van der Waals surface area contributed by atoms with Gasteiger partial charge < -0.3 is 10.1 Å². The van der Waals surface area contributed by atoms with Gasteiger partial charge >= 0.3 is 6.09 Å². The summed E-state index contributed by atoms with van der Waals surface area (Å²) < 4.78 is 31.8. The van der Waals surface area contributed by atoms with E-state index < -0.39 is 27.9 Å². The second kappa shape index (κ2) is 9.57. The predicted octanol–water partition coefficient (Wildman–Crippen LogP) is 1.60. The van der Waals surface area contributed by atoms with Crippen molar-refractivity contribution < 1.29 is 27.5 Å². The molecule has 1 aromatic rings. The van der Waals surface area contributed by atoms with Gasteiger partial charge in [0.15, 0.2) is 0 Å². The third kappa shape index (κ3) is 4.99. The number of hydrogen-bond acceptors (Lipinski definition) is 6. The van der Waals surface area contributed by atoms with Gasteiger partial charge in [-0.25, -0.2) is 17.5 Å². The number of carbonyl (C=O) groups is 3. The molecular formula is C20H27N3O6S. The van der Waals surface area contributed by atoms with Gasteiger partial charge in [0.2, 0.25) is 10.0 Å². The fourth-order valence-electron chi connectivity index (χ4n) is 3.57. The Labute approximate surface area is 176 Å². The monoisotopic (exact) mass is 437 g/mol. The molecule has 0 bridgehead atoms. The first kappa shape index (κ1) is 22.2. The van der Waals surface area contributed by atoms with Gasteiger partial charge in [-0.05, 0) is 31.4 Å². The molecule has 1 saturated heterocycles. The first-order valence-electron chi connectivity index (χ1n) is 10.2. The van der Waals surface area contributed by atoms with Crippen molar-refractivity contribution in [3.8, 4) is 0 Å². The summed E-state index contributed by atoms with van der Waals surface area (Å²) in [6.07, 6.45) is 2.22. The second-order valence-corrected chi connectivity index (χ2v) is 9.52. The van der Waals surface area contributed by atoms with Crippen molar-refractivity contribution in [2.24, 2.45) is 0 Å². The lowest BCUT2D eigenvalue weighted by molar-refractivity contribution is 0.0663. The van der Waals surface area contributed by atoms with Crippen molar-refractivity contribution in [3.05, 3.63) is 35.4 Å². The Morgan fingerprint density at radius 2 is 1.73 bits per heavy atom. The maximum atomic E-state index is 12.7. The zero-order chi connectivity index (χ0) is 21.7. The molecule has 164 valence electrons. The molecule has 3 amide bonds. The number of benzene rings is 1. The zero-order valence-corrected chi connectivity index (χ0v) is 17.8. The number of piperidine rings is 1. The van der Waals surface area contributed by atoms with Crippen molar-refractivity contribution in [2.45, 2.75) is 38.6 Å². The maximum Gasteiger partial charge on any atom is 0.407 e. The van der Waals surface area contributed by atoms with Gasteiger partial charge in [0.25, 0.3) is 11.8 Å². The molecule has 0 aromatic heterocycles. The number of fused-ring (bicyclic) bond motifs is 1. The Hall–Kier alpha value is -2.46. The molecule has 0 spiro atoms. The van der Waals surface area contributed by atoms with Gasteiger partial charge in [0.1, 0.15) is 0 Å². The van der Waals surface area contributed by atoms with Crippen molar-refractivity contribution in [3.63, 3.8) is 0 Å². The van der Waals surface area contributed by atoms with Crippen LogP contribution in [0.1, 0.15) is 53.3 Å². The maximum absolute atomic E-state index is 12.7. The number of sulfonamides is 1. The number of nitrogens with one attached hydrogen (secondary N) is 1. The van der Waals surface area contributed by atoms with Crippen LogP contribution in [0.2, 0.25) is 0 Å². The normalized spacial score (nSPS) is 17.8. The summed E-state index contributed by atoms with van der Waals surface area (Å²) in [7, 11) is -3.63. The number of rotatable bonds is 8. The summed E-state index contributed by atoms with van der Waals surface area (Å²) in [4.78, 5) is 37.5. The molecule has 2 aliphatic heterocycles. The molecule has 0 radical (unpaired) electrons. The summed E-state index contributed by atoms with van der Waals surface area (Å²) in [6.45, 7) is 2.73. The van der Waals surface area contributed by atoms with E-state index in [-0.39, 0.29) is 31.4 Å². The average molecular weight is 438 g/mol. The van der Waals surface area contributed by atoms with Crippen LogP contribution in [0, 0.1) is 0 Å². The Balaban J connectivity index is 1.48. The first-order valence-corrected chi connectivity index (χ1v) is 11.8. The van der Waals surface area contributed by atoms with E-state index in [4.69, 9.17) is 4.74 Å². The Morgan fingerprint density at radius 1 is 1.13 bits per heavy atom. The fraction of sp³-hybridized carbons (Fsp3) is 0.550. The van der Waals surface area contributed by atoms with Crippen LogP contribution in [-0.4, -0.2) is 73.6 Å². The standard InChI is InChI=1S/C20H27N3O6S/c1-2-3-13-29-20(26)21-15-8-10-22(11-9-15)30(27,28)14-12-23-18(24)16-6-4-5-7-17(16)19(23)25/h4-7,15H,2-3,8-14H2,1H3,(H,21,26). The lowest BCUT2D eigenvalue weighted by atomic mass is 10.1. The van der Waals surface area contributed by atoms with Crippen molar-refractivity contribution in [1.82, 2.24) is 14.5 Å². The van der Waals surface area contributed by atoms with E-state index in [9.17, 15) is 22.8 Å². The van der Waals surface area contributed by atoms with Crippen LogP contribution in [-0.2, 0) is 14.8 Å². The number of nitrogens with zero attached hydrogens (tertiary/aromatic N) is 2. The van der Waals surface area contributed by atoms with Crippen LogP contribution in [0.5, 0.6) is 0 Å². The molecular weight excluding hydrogens is 410 g/mol. The fourth-order valence-corrected chi connectivity index (χ4v) is 5.01. The molecule has 0 atom stereocenters. The molecule has 30 heavy (non-hydrogen) atoms. The first-order chi connectivity index (χ1) is 14.3. The van der Waals surface area contributed by atoms with Gasteiger partial charge in [0, 0.05) is 25.7 Å². The topological polar surface area (TPSA) is 113 Å². The summed E-state index contributed by atoms with van der Waals surface area (Å²) in [5, 5.41) is 2.77. The Kier molecular flexibility index (Phi) is 7.09. The Bertz CT molecular complexity index is 874. The van der Waals surface area contributed by atoms with Crippen LogP contribution in [0.15, 0.2) is 24.3 Å². The van der Waals surface area contributed by atoms with E-state index in [2.05, 4.69) is 5.32 Å². The van der Waals surface area contributed by atoms with E-state index in [1.807, 2.05) is 6.92 Å². The summed E-state index contributed by atoms with van der Waals surface area (Å²) in [5.74, 6) is -1.25. The van der Waals surface area contributed by atoms with Gasteiger partial charge in [-0.1, -0.05) is 25.5 Å². The SMILES string of the molecule is CCCCOC(=O)NC1CCN(S(=O)(=O)CCN2C(=O)c3ccccc3C2=O)CC1. The van der Waals surface area contributed by atoms with Crippen molar-refractivity contribution >= 4 is 27.9 Å². The molecule has 1 N–H and O–H groups in total. The third-order valence-corrected chi connectivity index (χ3v) is 7.20. The Morgan fingerprint density at radius 3 is 2.30 bits per heavy atom.